The Labute approximate surface area is 271 Å². The summed E-state index contributed by atoms with van der Waals surface area (Å²) in [6.45, 7) is 6.78. The van der Waals surface area contributed by atoms with E-state index in [1.165, 1.54) is 113 Å². The van der Waals surface area contributed by atoms with E-state index >= 15 is 0 Å². The minimum absolute atomic E-state index is 0.281. The van der Waals surface area contributed by atoms with E-state index < -0.39 is 11.9 Å². The normalized spacial score (nSPS) is 12.3. The van der Waals surface area contributed by atoms with Crippen LogP contribution in [0.4, 0.5) is 13.2 Å². The largest absolute Gasteiger partial charge is 0.435 e. The van der Waals surface area contributed by atoms with Crippen LogP contribution in [0.5, 0.6) is 0 Å². The first kappa shape index (κ1) is 33.1. The molecule has 238 valence electrons. The summed E-state index contributed by atoms with van der Waals surface area (Å²) in [5, 5.41) is 6.04. The molecule has 0 fully saturated rings. The van der Waals surface area contributed by atoms with Crippen LogP contribution < -0.4 is 0 Å². The highest BCUT2D eigenvalue weighted by atomic mass is 32.1. The highest BCUT2D eigenvalue weighted by Crippen LogP contribution is 2.51. The lowest BCUT2D eigenvalue weighted by Gasteiger charge is -2.07. The molecule has 5 heterocycles. The zero-order chi connectivity index (χ0) is 31.1. The summed E-state index contributed by atoms with van der Waals surface area (Å²) in [5.41, 5.74) is 3.85. The van der Waals surface area contributed by atoms with Gasteiger partial charge in [-0.1, -0.05) is 78.6 Å². The Kier molecular flexibility index (Phi) is 11.6. The molecule has 0 amide bonds. The topological polar surface area (TPSA) is 41.6 Å². The van der Waals surface area contributed by atoms with Crippen LogP contribution in [-0.4, -0.2) is 15.2 Å². The molecule has 0 aliphatic heterocycles. The molecule has 0 aliphatic rings. The predicted molar refractivity (Wildman–Crippen MR) is 184 cm³/mol. The van der Waals surface area contributed by atoms with E-state index in [0.29, 0.717) is 5.69 Å². The number of aromatic nitrogens is 3. The Morgan fingerprint density at radius 3 is 1.93 bits per heavy atom. The Morgan fingerprint density at radius 2 is 1.30 bits per heavy atom. The first-order valence-electron chi connectivity index (χ1n) is 16.4. The van der Waals surface area contributed by atoms with Gasteiger partial charge in [0, 0.05) is 16.0 Å². The second kappa shape index (κ2) is 15.4. The molecule has 0 spiro atoms. The summed E-state index contributed by atoms with van der Waals surface area (Å²) >= 11 is 5.88. The summed E-state index contributed by atoms with van der Waals surface area (Å²) < 4.78 is 45.5. The maximum absolute atomic E-state index is 13.2. The highest BCUT2D eigenvalue weighted by molar-refractivity contribution is 7.39. The molecule has 0 aromatic carbocycles. The smallest absolute Gasteiger partial charge is 0.276 e. The number of H-pyrrole nitrogens is 1. The van der Waals surface area contributed by atoms with Crippen molar-refractivity contribution in [1.29, 1.82) is 0 Å². The average molecular weight is 660 g/mol. The quantitative estimate of drug-likeness (QED) is 0.101. The molecule has 0 atom stereocenters. The molecule has 5 aromatic rings. The number of aryl methyl sites for hydroxylation is 3. The summed E-state index contributed by atoms with van der Waals surface area (Å²) in [6.07, 6.45) is 15.5. The summed E-state index contributed by atoms with van der Waals surface area (Å²) in [5.74, 6) is 0. The summed E-state index contributed by atoms with van der Waals surface area (Å²) in [4.78, 5) is 7.22. The molecule has 0 aliphatic carbocycles. The third kappa shape index (κ3) is 7.59. The molecule has 1 N–H and O–H groups in total. The van der Waals surface area contributed by atoms with Crippen LogP contribution in [0, 0.1) is 0 Å². The fourth-order valence-electron chi connectivity index (χ4n) is 5.96. The Morgan fingerprint density at radius 1 is 0.682 bits per heavy atom. The number of pyridine rings is 1. The van der Waals surface area contributed by atoms with Crippen LogP contribution in [0.1, 0.15) is 120 Å². The molecular weight excluding hydrogens is 616 g/mol. The number of nitrogens with one attached hydrogen (secondary N) is 1. The maximum atomic E-state index is 13.2. The van der Waals surface area contributed by atoms with Gasteiger partial charge in [-0.25, -0.2) is 0 Å². The number of unbranched alkanes of at least 4 members (excludes halogenated alkanes) is 9. The lowest BCUT2D eigenvalue weighted by molar-refractivity contribution is -0.141. The fraction of sp³-hybridized carbons (Fsp3) is 0.543. The predicted octanol–water partition coefficient (Wildman–Crippen LogP) is 13.0. The standard InChI is InChI=1S/C35H44F3N3S3/c1-4-7-10-13-16-24-28(18-15-12-9-6-3)42-33-31(24)44-32-25(17-14-11-8-5-2)30(43-34(32)33)23-19-20-39-26(21-23)27-22-29(41-40-27)35(36,37)38/h19-22H,4-18H2,1-3H3,(H,40,41). The molecule has 5 aromatic heterocycles. The second-order valence-electron chi connectivity index (χ2n) is 11.9. The van der Waals surface area contributed by atoms with Crippen LogP contribution in [0.3, 0.4) is 0 Å². The van der Waals surface area contributed by atoms with E-state index in [4.69, 9.17) is 0 Å². The third-order valence-electron chi connectivity index (χ3n) is 8.40. The number of thiophene rings is 3. The van der Waals surface area contributed by atoms with Gasteiger partial charge in [0.05, 0.1) is 30.2 Å². The highest BCUT2D eigenvalue weighted by Gasteiger charge is 2.34. The molecule has 5 rings (SSSR count). The molecule has 44 heavy (non-hydrogen) atoms. The number of halogens is 3. The molecular formula is C35H44F3N3S3. The van der Waals surface area contributed by atoms with Gasteiger partial charge >= 0.3 is 6.18 Å². The van der Waals surface area contributed by atoms with Crippen molar-refractivity contribution < 1.29 is 13.2 Å². The van der Waals surface area contributed by atoms with Crippen LogP contribution in [-0.2, 0) is 25.4 Å². The first-order valence-corrected chi connectivity index (χ1v) is 18.9. The molecule has 0 radical (unpaired) electrons. The van der Waals surface area contributed by atoms with Crippen molar-refractivity contribution >= 4 is 52.8 Å². The van der Waals surface area contributed by atoms with E-state index in [-0.39, 0.29) is 5.69 Å². The van der Waals surface area contributed by atoms with Gasteiger partial charge in [-0.3, -0.25) is 10.1 Å². The number of hydrogen-bond acceptors (Lipinski definition) is 5. The van der Waals surface area contributed by atoms with Gasteiger partial charge in [0.15, 0.2) is 5.69 Å². The first-order chi connectivity index (χ1) is 21.4. The molecule has 0 unspecified atom stereocenters. The Bertz CT molecular complexity index is 1640. The van der Waals surface area contributed by atoms with Gasteiger partial charge in [0.25, 0.3) is 0 Å². The molecule has 3 nitrogen and oxygen atoms in total. The van der Waals surface area contributed by atoms with E-state index in [1.54, 1.807) is 16.6 Å². The van der Waals surface area contributed by atoms with E-state index in [1.807, 2.05) is 46.1 Å². The molecule has 0 saturated carbocycles. The number of rotatable bonds is 17. The lowest BCUT2D eigenvalue weighted by Crippen LogP contribution is -2.04. The van der Waals surface area contributed by atoms with Crippen molar-refractivity contribution in [3.63, 3.8) is 0 Å². The SMILES string of the molecule is CCCCCCc1sc2c(sc3c(CCCCCC)c(-c4ccnc(-c5cc(C(F)(F)F)n[nH]5)c4)sc32)c1CCCCCC. The van der Waals surface area contributed by atoms with E-state index in [0.717, 1.165) is 24.5 Å². The van der Waals surface area contributed by atoms with Crippen molar-refractivity contribution in [1.82, 2.24) is 15.2 Å². The molecule has 0 bridgehead atoms. The van der Waals surface area contributed by atoms with Gasteiger partial charge in [0.2, 0.25) is 0 Å². The van der Waals surface area contributed by atoms with Crippen molar-refractivity contribution in [3.8, 4) is 21.8 Å². The maximum Gasteiger partial charge on any atom is 0.435 e. The van der Waals surface area contributed by atoms with Crippen molar-refractivity contribution in [3.05, 3.63) is 46.1 Å². The average Bonchev–Trinajstić information content (AvgIpc) is 3.78. The molecule has 0 saturated heterocycles. The van der Waals surface area contributed by atoms with Crippen LogP contribution >= 0.6 is 34.0 Å². The van der Waals surface area contributed by atoms with E-state index in [9.17, 15) is 13.2 Å². The van der Waals surface area contributed by atoms with Crippen LogP contribution in [0.15, 0.2) is 24.4 Å². The summed E-state index contributed by atoms with van der Waals surface area (Å²) in [6, 6.07) is 4.96. The number of aromatic amines is 1. The Hall–Kier alpha value is -2.23. The second-order valence-corrected chi connectivity index (χ2v) is 15.0. The fourth-order valence-corrected chi connectivity index (χ4v) is 10.7. The van der Waals surface area contributed by atoms with Gasteiger partial charge in [-0.15, -0.1) is 34.0 Å². The third-order valence-corrected chi connectivity index (χ3v) is 12.7. The van der Waals surface area contributed by atoms with Gasteiger partial charge in [0.1, 0.15) is 0 Å². The summed E-state index contributed by atoms with van der Waals surface area (Å²) in [7, 11) is 0. The van der Waals surface area contributed by atoms with Crippen LogP contribution in [0.25, 0.3) is 40.6 Å². The Balaban J connectivity index is 1.55. The number of fused-ring (bicyclic) bond motifs is 3. The van der Waals surface area contributed by atoms with Crippen molar-refractivity contribution in [2.45, 2.75) is 123 Å². The van der Waals surface area contributed by atoms with Gasteiger partial charge < -0.3 is 0 Å². The number of hydrogen-bond donors (Lipinski definition) is 1. The van der Waals surface area contributed by atoms with E-state index in [2.05, 4.69) is 36.0 Å². The molecule has 9 heteroatoms. The monoisotopic (exact) mass is 659 g/mol. The van der Waals surface area contributed by atoms with Gasteiger partial charge in [-0.05, 0) is 73.4 Å². The number of alkyl halides is 3. The zero-order valence-corrected chi connectivity index (χ0v) is 28.6. The zero-order valence-electron chi connectivity index (χ0n) is 26.2. The minimum atomic E-state index is -4.49. The minimum Gasteiger partial charge on any atom is -0.276 e. The van der Waals surface area contributed by atoms with Crippen molar-refractivity contribution in [2.24, 2.45) is 0 Å². The van der Waals surface area contributed by atoms with Gasteiger partial charge in [-0.2, -0.15) is 18.3 Å². The number of nitrogens with zero attached hydrogens (tertiary/aromatic N) is 2. The van der Waals surface area contributed by atoms with Crippen molar-refractivity contribution in [2.75, 3.05) is 0 Å². The lowest BCUT2D eigenvalue weighted by atomic mass is 10.0. The van der Waals surface area contributed by atoms with Crippen LogP contribution in [0.2, 0.25) is 0 Å².